The van der Waals surface area contributed by atoms with Crippen molar-refractivity contribution in [3.05, 3.63) is 59.2 Å². The van der Waals surface area contributed by atoms with Gasteiger partial charge < -0.3 is 19.2 Å². The van der Waals surface area contributed by atoms with Crippen LogP contribution in [-0.2, 0) is 4.79 Å². The van der Waals surface area contributed by atoms with Gasteiger partial charge in [0.25, 0.3) is 11.6 Å². The van der Waals surface area contributed by atoms with Crippen LogP contribution in [0.25, 0.3) is 22.4 Å². The molecular weight excluding hydrogens is 408 g/mol. The fraction of sp³-hybridized carbons (Fsp3) is 0.250. The monoisotopic (exact) mass is 430 g/mol. The van der Waals surface area contributed by atoms with Crippen LogP contribution in [0.4, 0.5) is 11.4 Å². The second kappa shape index (κ2) is 7.64. The summed E-state index contributed by atoms with van der Waals surface area (Å²) in [6.07, 6.45) is 1.39. The van der Waals surface area contributed by atoms with Crippen LogP contribution in [0.1, 0.15) is 40.4 Å². The summed E-state index contributed by atoms with van der Waals surface area (Å²) >= 11 is 0. The second-order valence-corrected chi connectivity index (χ2v) is 7.98. The highest BCUT2D eigenvalue weighted by Gasteiger charge is 2.23. The van der Waals surface area contributed by atoms with Gasteiger partial charge in [-0.15, -0.1) is 0 Å². The molecule has 0 bridgehead atoms. The zero-order chi connectivity index (χ0) is 22.4. The number of aromatic nitrogens is 2. The standard InChI is InChI=1S/C24H22N4O4/c1-13-10-18(15(3)31-13)20-12-19(22-14(2)27-32-24(22)26-20)23(30)25-16-6-4-7-17(11-16)28-9-5-8-21(28)29/h4,6-7,10-12H,5,8-9H2,1-3H3,(H,25,30). The third kappa shape index (κ3) is 3.43. The van der Waals surface area contributed by atoms with Crippen molar-refractivity contribution in [3.8, 4) is 11.3 Å². The Morgan fingerprint density at radius 1 is 1.16 bits per heavy atom. The van der Waals surface area contributed by atoms with Gasteiger partial charge in [0.15, 0.2) is 0 Å². The lowest BCUT2D eigenvalue weighted by molar-refractivity contribution is -0.117. The zero-order valence-corrected chi connectivity index (χ0v) is 18.1. The number of fused-ring (bicyclic) bond motifs is 1. The summed E-state index contributed by atoms with van der Waals surface area (Å²) < 4.78 is 11.0. The van der Waals surface area contributed by atoms with E-state index < -0.39 is 0 Å². The van der Waals surface area contributed by atoms with Gasteiger partial charge in [0.2, 0.25) is 5.91 Å². The van der Waals surface area contributed by atoms with Crippen molar-refractivity contribution < 1.29 is 18.5 Å². The van der Waals surface area contributed by atoms with Gasteiger partial charge in [-0.3, -0.25) is 9.59 Å². The molecule has 1 aromatic carbocycles. The Bertz CT molecular complexity index is 1370. The molecule has 8 heteroatoms. The molecule has 5 rings (SSSR count). The minimum atomic E-state index is -0.312. The van der Waals surface area contributed by atoms with Gasteiger partial charge >= 0.3 is 0 Å². The van der Waals surface area contributed by atoms with Gasteiger partial charge in [-0.25, -0.2) is 4.98 Å². The molecule has 0 saturated carbocycles. The number of rotatable bonds is 4. The summed E-state index contributed by atoms with van der Waals surface area (Å²) in [5.41, 5.74) is 4.02. The molecule has 1 N–H and O–H groups in total. The fourth-order valence-electron chi connectivity index (χ4n) is 4.17. The minimum Gasteiger partial charge on any atom is -0.466 e. The molecule has 1 saturated heterocycles. The molecular formula is C24H22N4O4. The molecule has 0 unspecified atom stereocenters. The molecule has 4 heterocycles. The SMILES string of the molecule is Cc1cc(-c2cc(C(=O)Nc3cccc(N4CCCC4=O)c3)c3c(C)noc3n2)c(C)o1. The molecule has 0 aliphatic carbocycles. The maximum atomic E-state index is 13.3. The summed E-state index contributed by atoms with van der Waals surface area (Å²) in [4.78, 5) is 31.7. The van der Waals surface area contributed by atoms with E-state index in [2.05, 4.69) is 15.5 Å². The fourth-order valence-corrected chi connectivity index (χ4v) is 4.17. The molecule has 32 heavy (non-hydrogen) atoms. The number of amides is 2. The van der Waals surface area contributed by atoms with Gasteiger partial charge in [0.1, 0.15) is 11.5 Å². The van der Waals surface area contributed by atoms with Gasteiger partial charge in [0, 0.05) is 29.9 Å². The molecule has 1 aliphatic heterocycles. The number of nitrogens with zero attached hydrogens (tertiary/aromatic N) is 3. The first-order valence-electron chi connectivity index (χ1n) is 10.5. The number of benzene rings is 1. The van der Waals surface area contributed by atoms with E-state index >= 15 is 0 Å². The maximum Gasteiger partial charge on any atom is 0.259 e. The Morgan fingerprint density at radius 3 is 2.72 bits per heavy atom. The second-order valence-electron chi connectivity index (χ2n) is 7.98. The van der Waals surface area contributed by atoms with Crippen molar-refractivity contribution in [2.24, 2.45) is 0 Å². The number of hydrogen-bond donors (Lipinski definition) is 1. The Labute approximate surface area is 184 Å². The lowest BCUT2D eigenvalue weighted by Gasteiger charge is -2.17. The minimum absolute atomic E-state index is 0.0971. The largest absolute Gasteiger partial charge is 0.466 e. The highest BCUT2D eigenvalue weighted by molar-refractivity contribution is 6.13. The van der Waals surface area contributed by atoms with Crippen molar-refractivity contribution in [2.45, 2.75) is 33.6 Å². The predicted molar refractivity (Wildman–Crippen MR) is 120 cm³/mol. The number of furan rings is 1. The highest BCUT2D eigenvalue weighted by Crippen LogP contribution is 2.31. The smallest absolute Gasteiger partial charge is 0.259 e. The Balaban J connectivity index is 1.53. The quantitative estimate of drug-likeness (QED) is 0.500. The molecule has 0 spiro atoms. The number of hydrogen-bond acceptors (Lipinski definition) is 6. The maximum absolute atomic E-state index is 13.3. The Hall–Kier alpha value is -3.94. The molecule has 0 atom stereocenters. The first kappa shape index (κ1) is 20.0. The van der Waals surface area contributed by atoms with Gasteiger partial charge in [-0.05, 0) is 57.5 Å². The number of aryl methyl sites for hydroxylation is 3. The van der Waals surface area contributed by atoms with Crippen LogP contribution in [-0.4, -0.2) is 28.5 Å². The van der Waals surface area contributed by atoms with Crippen molar-refractivity contribution >= 4 is 34.3 Å². The molecule has 1 fully saturated rings. The van der Waals surface area contributed by atoms with Crippen LogP contribution in [0, 0.1) is 20.8 Å². The summed E-state index contributed by atoms with van der Waals surface area (Å²) in [7, 11) is 0. The number of carbonyl (C=O) groups excluding carboxylic acids is 2. The van der Waals surface area contributed by atoms with E-state index in [1.807, 2.05) is 38.1 Å². The van der Waals surface area contributed by atoms with E-state index in [-0.39, 0.29) is 11.8 Å². The average Bonchev–Trinajstić information content (AvgIpc) is 3.46. The van der Waals surface area contributed by atoms with Crippen molar-refractivity contribution in [2.75, 3.05) is 16.8 Å². The van der Waals surface area contributed by atoms with E-state index in [0.717, 1.165) is 23.4 Å². The van der Waals surface area contributed by atoms with Crippen LogP contribution in [0.15, 0.2) is 45.3 Å². The van der Waals surface area contributed by atoms with Gasteiger partial charge in [0.05, 0.1) is 22.3 Å². The van der Waals surface area contributed by atoms with E-state index in [1.165, 1.54) is 0 Å². The molecule has 2 amide bonds. The third-order valence-corrected chi connectivity index (χ3v) is 5.67. The van der Waals surface area contributed by atoms with E-state index in [4.69, 9.17) is 8.94 Å². The topological polar surface area (TPSA) is 101 Å². The van der Waals surface area contributed by atoms with Crippen molar-refractivity contribution in [1.82, 2.24) is 10.1 Å². The number of carbonyl (C=O) groups is 2. The average molecular weight is 430 g/mol. The summed E-state index contributed by atoms with van der Waals surface area (Å²) in [6.45, 7) is 6.18. The van der Waals surface area contributed by atoms with Crippen LogP contribution in [0.3, 0.4) is 0 Å². The summed E-state index contributed by atoms with van der Waals surface area (Å²) in [5.74, 6) is 1.25. The molecule has 162 valence electrons. The first-order valence-corrected chi connectivity index (χ1v) is 10.5. The molecule has 8 nitrogen and oxygen atoms in total. The van der Waals surface area contributed by atoms with Crippen LogP contribution in [0.2, 0.25) is 0 Å². The molecule has 0 radical (unpaired) electrons. The molecule has 4 aromatic rings. The lowest BCUT2D eigenvalue weighted by Crippen LogP contribution is -2.23. The number of nitrogens with one attached hydrogen (secondary N) is 1. The highest BCUT2D eigenvalue weighted by atomic mass is 16.5. The molecule has 3 aromatic heterocycles. The first-order chi connectivity index (χ1) is 15.4. The zero-order valence-electron chi connectivity index (χ0n) is 18.1. The number of pyridine rings is 1. The van der Waals surface area contributed by atoms with Crippen LogP contribution >= 0.6 is 0 Å². The Morgan fingerprint density at radius 2 is 2.00 bits per heavy atom. The van der Waals surface area contributed by atoms with Gasteiger partial charge in [-0.2, -0.15) is 0 Å². The lowest BCUT2D eigenvalue weighted by atomic mass is 10.1. The number of anilines is 2. The van der Waals surface area contributed by atoms with Gasteiger partial charge in [-0.1, -0.05) is 11.2 Å². The molecule has 1 aliphatic rings. The van der Waals surface area contributed by atoms with Crippen molar-refractivity contribution in [3.63, 3.8) is 0 Å². The van der Waals surface area contributed by atoms with E-state index in [9.17, 15) is 9.59 Å². The van der Waals surface area contributed by atoms with Crippen LogP contribution in [0.5, 0.6) is 0 Å². The van der Waals surface area contributed by atoms with E-state index in [1.54, 1.807) is 24.0 Å². The normalized spacial score (nSPS) is 13.8. The van der Waals surface area contributed by atoms with E-state index in [0.29, 0.717) is 52.5 Å². The Kier molecular flexibility index (Phi) is 4.77. The van der Waals surface area contributed by atoms with Crippen molar-refractivity contribution in [1.29, 1.82) is 0 Å². The van der Waals surface area contributed by atoms with Crippen LogP contribution < -0.4 is 10.2 Å². The summed E-state index contributed by atoms with van der Waals surface area (Å²) in [6, 6.07) is 10.9. The third-order valence-electron chi connectivity index (χ3n) is 5.67. The summed E-state index contributed by atoms with van der Waals surface area (Å²) in [5, 5.41) is 7.51. The predicted octanol–water partition coefficient (Wildman–Crippen LogP) is 4.79.